The topological polar surface area (TPSA) is 62.1 Å². The molecule has 0 bridgehead atoms. The Morgan fingerprint density at radius 2 is 1.73 bits per heavy atom. The zero-order chi connectivity index (χ0) is 18.5. The summed E-state index contributed by atoms with van der Waals surface area (Å²) in [6.45, 7) is 1.14. The van der Waals surface area contributed by atoms with Crippen LogP contribution in [0.1, 0.15) is 10.4 Å². The Hall–Kier alpha value is -2.64. The van der Waals surface area contributed by atoms with Crippen molar-refractivity contribution in [1.29, 1.82) is 0 Å². The highest BCUT2D eigenvalue weighted by atomic mass is 32.1. The van der Waals surface area contributed by atoms with Crippen LogP contribution >= 0.6 is 11.3 Å². The number of methoxy groups -OCH3 is 3. The summed E-state index contributed by atoms with van der Waals surface area (Å²) in [5.74, 6) is 1.17. The van der Waals surface area contributed by atoms with Gasteiger partial charge in [-0.15, -0.1) is 0 Å². The Morgan fingerprint density at radius 3 is 2.38 bits per heavy atom. The van der Waals surface area contributed by atoms with Crippen LogP contribution in [0.2, 0.25) is 0 Å². The van der Waals surface area contributed by atoms with Crippen LogP contribution in [-0.2, 0) is 11.3 Å². The molecular weight excluding hydrogens is 352 g/mol. The molecule has 6 nitrogen and oxygen atoms in total. The van der Waals surface area contributed by atoms with Crippen molar-refractivity contribution in [2.45, 2.75) is 6.54 Å². The van der Waals surface area contributed by atoms with Crippen LogP contribution in [0.5, 0.6) is 11.5 Å². The summed E-state index contributed by atoms with van der Waals surface area (Å²) in [6, 6.07) is 12.7. The lowest BCUT2D eigenvalue weighted by Crippen LogP contribution is -2.19. The molecule has 0 fully saturated rings. The van der Waals surface area contributed by atoms with Crippen molar-refractivity contribution in [3.05, 3.63) is 52.8 Å². The average molecular weight is 372 g/mol. The number of benzene rings is 2. The van der Waals surface area contributed by atoms with E-state index in [1.54, 1.807) is 45.6 Å². The summed E-state index contributed by atoms with van der Waals surface area (Å²) >= 11 is 1.45. The van der Waals surface area contributed by atoms with Crippen LogP contribution in [0, 0.1) is 0 Å². The lowest BCUT2D eigenvalue weighted by Gasteiger charge is -2.05. The quantitative estimate of drug-likeness (QED) is 0.667. The van der Waals surface area contributed by atoms with Gasteiger partial charge in [-0.1, -0.05) is 11.3 Å². The van der Waals surface area contributed by atoms with Gasteiger partial charge in [0.25, 0.3) is 5.91 Å². The van der Waals surface area contributed by atoms with Gasteiger partial charge in [-0.25, -0.2) is 0 Å². The molecule has 136 valence electrons. The second kappa shape index (κ2) is 8.16. The second-order valence-electron chi connectivity index (χ2n) is 5.51. The van der Waals surface area contributed by atoms with Crippen molar-refractivity contribution in [1.82, 2.24) is 4.57 Å². The number of carbonyl (C=O) groups is 1. The summed E-state index contributed by atoms with van der Waals surface area (Å²) in [5.41, 5.74) is 1.51. The summed E-state index contributed by atoms with van der Waals surface area (Å²) in [4.78, 5) is 17.5. The Balaban J connectivity index is 2.05. The van der Waals surface area contributed by atoms with E-state index in [0.717, 1.165) is 16.0 Å². The predicted molar refractivity (Wildman–Crippen MR) is 101 cm³/mol. The first kappa shape index (κ1) is 18.2. The Kier molecular flexibility index (Phi) is 5.70. The molecule has 3 rings (SSSR count). The van der Waals surface area contributed by atoms with E-state index in [1.165, 1.54) is 11.3 Å². The number of hydrogen-bond acceptors (Lipinski definition) is 5. The minimum Gasteiger partial charge on any atom is -0.497 e. The van der Waals surface area contributed by atoms with Gasteiger partial charge >= 0.3 is 0 Å². The third kappa shape index (κ3) is 3.79. The molecule has 7 heteroatoms. The van der Waals surface area contributed by atoms with Crippen LogP contribution < -0.4 is 14.3 Å². The van der Waals surface area contributed by atoms with Gasteiger partial charge in [-0.3, -0.25) is 4.79 Å². The van der Waals surface area contributed by atoms with E-state index in [2.05, 4.69) is 4.99 Å². The molecule has 0 aliphatic rings. The maximum Gasteiger partial charge on any atom is 0.279 e. The third-order valence-corrected chi connectivity index (χ3v) is 4.98. The highest BCUT2D eigenvalue weighted by molar-refractivity contribution is 7.16. The smallest absolute Gasteiger partial charge is 0.279 e. The standard InChI is InChI=1S/C19H20N2O4S/c1-23-11-10-21-16-9-8-15(25-3)12-17(16)26-19(21)20-18(22)13-4-6-14(24-2)7-5-13/h4-9,12H,10-11H2,1-3H3. The average Bonchev–Trinajstić information content (AvgIpc) is 3.02. The summed E-state index contributed by atoms with van der Waals surface area (Å²) in [6.07, 6.45) is 0. The van der Waals surface area contributed by atoms with E-state index >= 15 is 0 Å². The van der Waals surface area contributed by atoms with E-state index in [-0.39, 0.29) is 5.91 Å². The molecule has 3 aromatic rings. The van der Waals surface area contributed by atoms with Gasteiger partial charge in [0.2, 0.25) is 0 Å². The summed E-state index contributed by atoms with van der Waals surface area (Å²) in [5, 5.41) is 0. The molecule has 0 N–H and O–H groups in total. The van der Waals surface area contributed by atoms with Gasteiger partial charge in [0.05, 0.1) is 31.0 Å². The molecule has 0 spiro atoms. The lowest BCUT2D eigenvalue weighted by molar-refractivity contribution is 0.0997. The van der Waals surface area contributed by atoms with Crippen LogP contribution in [0.3, 0.4) is 0 Å². The van der Waals surface area contributed by atoms with E-state index in [0.29, 0.717) is 29.3 Å². The number of rotatable bonds is 6. The highest BCUT2D eigenvalue weighted by Gasteiger charge is 2.10. The number of carbonyl (C=O) groups excluding carboxylic acids is 1. The SMILES string of the molecule is COCCn1c(=NC(=O)c2ccc(OC)cc2)sc2cc(OC)ccc21. The minimum atomic E-state index is -0.294. The predicted octanol–water partition coefficient (Wildman–Crippen LogP) is 3.11. The van der Waals surface area contributed by atoms with Crippen molar-refractivity contribution in [3.8, 4) is 11.5 Å². The van der Waals surface area contributed by atoms with E-state index in [1.807, 2.05) is 22.8 Å². The van der Waals surface area contributed by atoms with Gasteiger partial charge in [0.15, 0.2) is 4.80 Å². The molecule has 0 aliphatic heterocycles. The highest BCUT2D eigenvalue weighted by Crippen LogP contribution is 2.23. The molecule has 1 heterocycles. The lowest BCUT2D eigenvalue weighted by atomic mass is 10.2. The molecule has 1 aromatic heterocycles. The number of hydrogen-bond donors (Lipinski definition) is 0. The maximum absolute atomic E-state index is 12.6. The van der Waals surface area contributed by atoms with Gasteiger partial charge in [0, 0.05) is 19.2 Å². The van der Waals surface area contributed by atoms with Gasteiger partial charge in [-0.05, 0) is 42.5 Å². The van der Waals surface area contributed by atoms with Crippen molar-refractivity contribution in [2.75, 3.05) is 27.9 Å². The zero-order valence-corrected chi connectivity index (χ0v) is 15.7. The fourth-order valence-electron chi connectivity index (χ4n) is 2.55. The number of ether oxygens (including phenoxy) is 3. The number of thiazole rings is 1. The van der Waals surface area contributed by atoms with E-state index in [9.17, 15) is 4.79 Å². The van der Waals surface area contributed by atoms with Crippen LogP contribution in [0.15, 0.2) is 47.5 Å². The Labute approximate surface area is 155 Å². The fourth-order valence-corrected chi connectivity index (χ4v) is 3.63. The number of fused-ring (bicyclic) bond motifs is 1. The summed E-state index contributed by atoms with van der Waals surface area (Å²) < 4.78 is 18.6. The molecule has 0 saturated heterocycles. The Morgan fingerprint density at radius 1 is 1.04 bits per heavy atom. The molecule has 26 heavy (non-hydrogen) atoms. The number of aromatic nitrogens is 1. The molecule has 0 aliphatic carbocycles. The first-order chi connectivity index (χ1) is 12.7. The number of amides is 1. The Bertz CT molecular complexity index is 973. The first-order valence-corrected chi connectivity index (χ1v) is 8.87. The molecular formula is C19H20N2O4S. The molecule has 0 unspecified atom stereocenters. The molecule has 0 atom stereocenters. The zero-order valence-electron chi connectivity index (χ0n) is 14.9. The van der Waals surface area contributed by atoms with Crippen molar-refractivity contribution < 1.29 is 19.0 Å². The van der Waals surface area contributed by atoms with Crippen LogP contribution in [-0.4, -0.2) is 38.4 Å². The van der Waals surface area contributed by atoms with Crippen molar-refractivity contribution >= 4 is 27.5 Å². The molecule has 0 radical (unpaired) electrons. The molecule has 0 saturated carbocycles. The monoisotopic (exact) mass is 372 g/mol. The van der Waals surface area contributed by atoms with Gasteiger partial charge in [0.1, 0.15) is 11.5 Å². The molecule has 1 amide bonds. The minimum absolute atomic E-state index is 0.294. The van der Waals surface area contributed by atoms with Gasteiger partial charge < -0.3 is 18.8 Å². The number of nitrogens with zero attached hydrogens (tertiary/aromatic N) is 2. The molecule has 2 aromatic carbocycles. The fraction of sp³-hybridized carbons (Fsp3) is 0.263. The normalized spacial score (nSPS) is 11.7. The van der Waals surface area contributed by atoms with E-state index in [4.69, 9.17) is 14.2 Å². The van der Waals surface area contributed by atoms with Gasteiger partial charge in [-0.2, -0.15) is 4.99 Å². The van der Waals surface area contributed by atoms with Crippen molar-refractivity contribution in [2.24, 2.45) is 4.99 Å². The van der Waals surface area contributed by atoms with Crippen LogP contribution in [0.25, 0.3) is 10.2 Å². The largest absolute Gasteiger partial charge is 0.497 e. The second-order valence-corrected chi connectivity index (χ2v) is 6.52. The van der Waals surface area contributed by atoms with Crippen LogP contribution in [0.4, 0.5) is 0 Å². The first-order valence-electron chi connectivity index (χ1n) is 8.05. The van der Waals surface area contributed by atoms with Crippen molar-refractivity contribution in [3.63, 3.8) is 0 Å². The third-order valence-electron chi connectivity index (χ3n) is 3.94. The maximum atomic E-state index is 12.6. The summed E-state index contributed by atoms with van der Waals surface area (Å²) in [7, 11) is 4.87. The van der Waals surface area contributed by atoms with E-state index < -0.39 is 0 Å².